The average molecular weight is 700 g/mol. The van der Waals surface area contributed by atoms with Crippen LogP contribution in [0.15, 0.2) is 24.3 Å². The first-order valence-corrected chi connectivity index (χ1v) is 18.0. The molecule has 2 aromatic carbocycles. The number of nitrogens with zero attached hydrogens (tertiary/aromatic N) is 5. The molecule has 0 bridgehead atoms. The minimum absolute atomic E-state index is 0.0528. The molecule has 2 saturated carbocycles. The molecular formula is C39H43F2N5O5. The summed E-state index contributed by atoms with van der Waals surface area (Å²) in [5, 5.41) is 11.7. The Morgan fingerprint density at radius 2 is 1.86 bits per heavy atom. The van der Waals surface area contributed by atoms with Crippen LogP contribution in [0.25, 0.3) is 32.9 Å². The van der Waals surface area contributed by atoms with E-state index in [-0.39, 0.29) is 50.8 Å². The number of rotatable bonds is 8. The van der Waals surface area contributed by atoms with Crippen molar-refractivity contribution in [2.75, 3.05) is 58.6 Å². The molecule has 2 aromatic heterocycles. The summed E-state index contributed by atoms with van der Waals surface area (Å²) in [6, 6.07) is 6.48. The Balaban J connectivity index is 1.24. The van der Waals surface area contributed by atoms with Crippen molar-refractivity contribution in [1.29, 1.82) is 0 Å². The Bertz CT molecular complexity index is 2010. The van der Waals surface area contributed by atoms with Gasteiger partial charge in [-0.15, -0.1) is 6.42 Å². The second-order valence-corrected chi connectivity index (χ2v) is 14.3. The molecule has 2 aliphatic carbocycles. The standard InChI is InChI=1S/C39H43F2N5O5/c1-4-27-29(40)10-9-23-18-25(47)21-28(31(23)27)34-33(41)35-32(37(42-34)49-3)36(45-13-7-16-50-17-15-45)44-38(43-35)51-22-39-11-5-8-30(39)46(14-6-12-39)24-19-26(20-24)48-2/h1,9-10,18,21,24,26,30,47H,5-8,11-17,19-20,22H2,2-3H3. The van der Waals surface area contributed by atoms with Crippen LogP contribution in [-0.2, 0) is 9.47 Å². The zero-order valence-corrected chi connectivity index (χ0v) is 29.1. The van der Waals surface area contributed by atoms with E-state index >= 15 is 8.78 Å². The number of terminal acetylenes is 1. The number of phenols is 1. The molecule has 0 radical (unpaired) electrons. The monoisotopic (exact) mass is 699 g/mol. The van der Waals surface area contributed by atoms with E-state index in [0.29, 0.717) is 67.7 Å². The molecule has 4 fully saturated rings. The maximum absolute atomic E-state index is 17.2. The number of benzene rings is 2. The quantitative estimate of drug-likeness (QED) is 0.213. The molecule has 2 saturated heterocycles. The number of phenolic OH excluding ortho intramolecular Hbond substituents is 1. The number of aromatic hydroxyl groups is 1. The van der Waals surface area contributed by atoms with Gasteiger partial charge in [0.15, 0.2) is 5.82 Å². The molecule has 2 aliphatic heterocycles. The number of halogens is 2. The van der Waals surface area contributed by atoms with Crippen LogP contribution in [0, 0.1) is 29.4 Å². The first kappa shape index (κ1) is 33.8. The van der Waals surface area contributed by atoms with E-state index in [9.17, 15) is 5.11 Å². The van der Waals surface area contributed by atoms with Gasteiger partial charge in [0.2, 0.25) is 5.88 Å². The van der Waals surface area contributed by atoms with Gasteiger partial charge in [-0.3, -0.25) is 4.90 Å². The number of anilines is 1. The summed E-state index contributed by atoms with van der Waals surface area (Å²) in [5.41, 5.74) is -0.248. The lowest BCUT2D eigenvalue weighted by Gasteiger charge is -2.53. The number of aromatic nitrogens is 3. The van der Waals surface area contributed by atoms with Crippen molar-refractivity contribution >= 4 is 27.5 Å². The van der Waals surface area contributed by atoms with Gasteiger partial charge in [-0.1, -0.05) is 18.4 Å². The van der Waals surface area contributed by atoms with Crippen molar-refractivity contribution in [2.24, 2.45) is 5.41 Å². The molecule has 4 aromatic rings. The Kier molecular flexibility index (Phi) is 9.07. The fourth-order valence-corrected chi connectivity index (χ4v) is 9.02. The number of piperidine rings is 1. The first-order chi connectivity index (χ1) is 24.8. The third kappa shape index (κ3) is 5.89. The Hall–Kier alpha value is -4.31. The molecule has 12 heteroatoms. The minimum Gasteiger partial charge on any atom is -0.508 e. The van der Waals surface area contributed by atoms with E-state index in [1.807, 2.05) is 4.90 Å². The van der Waals surface area contributed by atoms with E-state index in [1.165, 1.54) is 31.4 Å². The highest BCUT2D eigenvalue weighted by atomic mass is 19.1. The van der Waals surface area contributed by atoms with Crippen molar-refractivity contribution in [3.63, 3.8) is 0 Å². The van der Waals surface area contributed by atoms with Crippen LogP contribution in [0.2, 0.25) is 0 Å². The number of pyridine rings is 1. The molecule has 10 nitrogen and oxygen atoms in total. The van der Waals surface area contributed by atoms with Gasteiger partial charge in [-0.2, -0.15) is 9.97 Å². The number of fused-ring (bicyclic) bond motifs is 3. The Morgan fingerprint density at radius 1 is 1.02 bits per heavy atom. The molecule has 2 atom stereocenters. The van der Waals surface area contributed by atoms with Gasteiger partial charge in [0.05, 0.1) is 32.0 Å². The number of methoxy groups -OCH3 is 2. The first-order valence-electron chi connectivity index (χ1n) is 18.0. The molecular weight excluding hydrogens is 656 g/mol. The molecule has 2 unspecified atom stereocenters. The van der Waals surface area contributed by atoms with Crippen molar-refractivity contribution in [3.8, 4) is 41.2 Å². The highest BCUT2D eigenvalue weighted by molar-refractivity contribution is 6.04. The molecule has 1 N–H and O–H groups in total. The van der Waals surface area contributed by atoms with E-state index in [4.69, 9.17) is 35.3 Å². The lowest BCUT2D eigenvalue weighted by molar-refractivity contribution is -0.0845. The van der Waals surface area contributed by atoms with Crippen molar-refractivity contribution in [1.82, 2.24) is 19.9 Å². The van der Waals surface area contributed by atoms with Gasteiger partial charge in [-0.25, -0.2) is 13.8 Å². The third-order valence-electron chi connectivity index (χ3n) is 11.6. The van der Waals surface area contributed by atoms with Crippen LogP contribution in [0.4, 0.5) is 14.6 Å². The summed E-state index contributed by atoms with van der Waals surface area (Å²) in [6.45, 7) is 3.70. The lowest BCUT2D eigenvalue weighted by atomic mass is 9.73. The number of hydrogen-bond acceptors (Lipinski definition) is 10. The zero-order valence-electron chi connectivity index (χ0n) is 29.1. The third-order valence-corrected chi connectivity index (χ3v) is 11.6. The molecule has 0 amide bonds. The molecule has 8 rings (SSSR count). The van der Waals surface area contributed by atoms with Crippen LogP contribution < -0.4 is 14.4 Å². The molecule has 51 heavy (non-hydrogen) atoms. The van der Waals surface area contributed by atoms with Gasteiger partial charge in [0.25, 0.3) is 0 Å². The second kappa shape index (κ2) is 13.7. The number of ether oxygens (including phenoxy) is 4. The largest absolute Gasteiger partial charge is 0.508 e. The zero-order chi connectivity index (χ0) is 35.3. The summed E-state index contributed by atoms with van der Waals surface area (Å²) in [6.07, 6.45) is 14.4. The predicted octanol–water partition coefficient (Wildman–Crippen LogP) is 6.24. The smallest absolute Gasteiger partial charge is 0.319 e. The fraction of sp³-hybridized carbons (Fsp3) is 0.513. The van der Waals surface area contributed by atoms with Crippen molar-refractivity contribution < 1.29 is 32.8 Å². The lowest BCUT2D eigenvalue weighted by Crippen LogP contribution is -2.59. The van der Waals surface area contributed by atoms with Crippen molar-refractivity contribution in [3.05, 3.63) is 41.5 Å². The van der Waals surface area contributed by atoms with Crippen LogP contribution in [0.1, 0.15) is 56.9 Å². The fourth-order valence-electron chi connectivity index (χ4n) is 9.02. The van der Waals surface area contributed by atoms with Gasteiger partial charge in [0.1, 0.15) is 34.0 Å². The van der Waals surface area contributed by atoms with Crippen LogP contribution in [-0.4, -0.2) is 96.8 Å². The Labute approximate surface area is 296 Å². The molecule has 268 valence electrons. The van der Waals surface area contributed by atoms with Gasteiger partial charge >= 0.3 is 6.01 Å². The normalized spacial score (nSPS) is 25.3. The van der Waals surface area contributed by atoms with Crippen LogP contribution in [0.3, 0.4) is 0 Å². The minimum atomic E-state index is -0.789. The SMILES string of the molecule is C#Cc1c(F)ccc2cc(O)cc(-c3nc(OC)c4c(N5CCCOCC5)nc(OCC56CCCC5N(C5CC(OC)C5)CCC6)nc4c3F)c12. The molecule has 4 aliphatic rings. The van der Waals surface area contributed by atoms with E-state index in [2.05, 4.69) is 15.8 Å². The predicted molar refractivity (Wildman–Crippen MR) is 189 cm³/mol. The maximum atomic E-state index is 17.2. The van der Waals surface area contributed by atoms with Crippen LogP contribution in [0.5, 0.6) is 17.6 Å². The number of likely N-dealkylation sites (tertiary alicyclic amines) is 1. The van der Waals surface area contributed by atoms with Crippen molar-refractivity contribution in [2.45, 2.75) is 69.6 Å². The van der Waals surface area contributed by atoms with E-state index in [1.54, 1.807) is 7.11 Å². The van der Waals surface area contributed by atoms with E-state index in [0.717, 1.165) is 57.9 Å². The summed E-state index contributed by atoms with van der Waals surface area (Å²) >= 11 is 0. The topological polar surface area (TPSA) is 102 Å². The van der Waals surface area contributed by atoms with Gasteiger partial charge in [-0.05, 0) is 75.1 Å². The summed E-state index contributed by atoms with van der Waals surface area (Å²) in [5.74, 6) is 1.33. The molecule has 4 heterocycles. The second-order valence-electron chi connectivity index (χ2n) is 14.3. The Morgan fingerprint density at radius 3 is 2.67 bits per heavy atom. The highest BCUT2D eigenvalue weighted by Gasteiger charge is 2.51. The van der Waals surface area contributed by atoms with E-state index < -0.39 is 11.6 Å². The highest BCUT2D eigenvalue weighted by Crippen LogP contribution is 2.50. The summed E-state index contributed by atoms with van der Waals surface area (Å²) in [7, 11) is 3.24. The summed E-state index contributed by atoms with van der Waals surface area (Å²) < 4.78 is 55.9. The summed E-state index contributed by atoms with van der Waals surface area (Å²) in [4.78, 5) is 19.0. The number of hydrogen-bond donors (Lipinski definition) is 1. The van der Waals surface area contributed by atoms with Gasteiger partial charge < -0.3 is 29.0 Å². The maximum Gasteiger partial charge on any atom is 0.319 e. The average Bonchev–Trinajstić information content (AvgIpc) is 3.37. The van der Waals surface area contributed by atoms with Crippen LogP contribution >= 0.6 is 0 Å². The van der Waals surface area contributed by atoms with Gasteiger partial charge in [0, 0.05) is 55.3 Å². The molecule has 0 spiro atoms.